The molecule has 1 aromatic heterocycles. The van der Waals surface area contributed by atoms with Crippen molar-refractivity contribution in [1.82, 2.24) is 14.9 Å². The van der Waals surface area contributed by atoms with Crippen molar-refractivity contribution >= 4 is 32.9 Å². The van der Waals surface area contributed by atoms with Gasteiger partial charge < -0.3 is 9.88 Å². The summed E-state index contributed by atoms with van der Waals surface area (Å²) >= 11 is 3.37. The smallest absolute Gasteiger partial charge is 0.251 e. The minimum atomic E-state index is -0.240. The third-order valence-electron chi connectivity index (χ3n) is 4.96. The summed E-state index contributed by atoms with van der Waals surface area (Å²) in [7, 11) is 0. The van der Waals surface area contributed by atoms with E-state index in [4.69, 9.17) is 4.98 Å². The molecule has 0 bridgehead atoms. The van der Waals surface area contributed by atoms with Gasteiger partial charge in [0.05, 0.1) is 11.0 Å². The molecular weight excluding hydrogens is 445 g/mol. The second-order valence-electron chi connectivity index (χ2n) is 7.10. The molecule has 1 heterocycles. The number of hydrogen-bond donors (Lipinski definition) is 1. The van der Waals surface area contributed by atoms with Gasteiger partial charge in [0.15, 0.2) is 0 Å². The van der Waals surface area contributed by atoms with E-state index in [0.717, 1.165) is 39.7 Å². The molecule has 0 fully saturated rings. The number of carbonyl (C=O) groups excluding carboxylic acids is 1. The molecule has 6 heteroatoms. The fourth-order valence-corrected chi connectivity index (χ4v) is 3.68. The van der Waals surface area contributed by atoms with Crippen LogP contribution in [0.5, 0.6) is 0 Å². The lowest BCUT2D eigenvalue weighted by Gasteiger charge is -2.10. The molecule has 4 nitrogen and oxygen atoms in total. The van der Waals surface area contributed by atoms with Crippen molar-refractivity contribution in [3.8, 4) is 0 Å². The van der Waals surface area contributed by atoms with Crippen molar-refractivity contribution in [3.63, 3.8) is 0 Å². The topological polar surface area (TPSA) is 46.9 Å². The maximum atomic E-state index is 13.3. The zero-order valence-electron chi connectivity index (χ0n) is 16.3. The van der Waals surface area contributed by atoms with Crippen LogP contribution in [0.15, 0.2) is 77.3 Å². The lowest BCUT2D eigenvalue weighted by Crippen LogP contribution is -2.25. The number of amides is 1. The van der Waals surface area contributed by atoms with Crippen molar-refractivity contribution in [2.75, 3.05) is 6.54 Å². The minimum absolute atomic E-state index is 0.0812. The van der Waals surface area contributed by atoms with E-state index in [1.165, 1.54) is 12.1 Å². The van der Waals surface area contributed by atoms with Crippen LogP contribution >= 0.6 is 15.9 Å². The maximum absolute atomic E-state index is 13.3. The highest BCUT2D eigenvalue weighted by atomic mass is 79.9. The van der Waals surface area contributed by atoms with E-state index in [2.05, 4.69) is 25.8 Å². The lowest BCUT2D eigenvalue weighted by atomic mass is 10.2. The summed E-state index contributed by atoms with van der Waals surface area (Å²) in [6.45, 7) is 1.19. The number of nitrogens with zero attached hydrogens (tertiary/aromatic N) is 2. The summed E-state index contributed by atoms with van der Waals surface area (Å²) in [5, 5.41) is 2.96. The molecule has 0 aliphatic heterocycles. The van der Waals surface area contributed by atoms with Crippen LogP contribution in [-0.4, -0.2) is 22.0 Å². The molecule has 3 aromatic carbocycles. The normalized spacial score (nSPS) is 11.0. The van der Waals surface area contributed by atoms with Crippen LogP contribution in [0.2, 0.25) is 0 Å². The highest BCUT2D eigenvalue weighted by molar-refractivity contribution is 9.10. The number of hydrogen-bond acceptors (Lipinski definition) is 2. The number of benzene rings is 3. The Hall–Kier alpha value is -2.99. The first-order chi connectivity index (χ1) is 14.6. The van der Waals surface area contributed by atoms with Gasteiger partial charge in [0.25, 0.3) is 5.91 Å². The molecule has 0 aliphatic rings. The Morgan fingerprint density at radius 3 is 2.50 bits per heavy atom. The quantitative estimate of drug-likeness (QED) is 0.374. The zero-order valence-corrected chi connectivity index (χ0v) is 17.9. The number of fused-ring (bicyclic) bond motifs is 1. The largest absolute Gasteiger partial charge is 0.352 e. The van der Waals surface area contributed by atoms with E-state index in [1.54, 1.807) is 24.3 Å². The van der Waals surface area contributed by atoms with Crippen LogP contribution in [0, 0.1) is 5.82 Å². The first-order valence-corrected chi connectivity index (χ1v) is 10.6. The van der Waals surface area contributed by atoms with Crippen LogP contribution < -0.4 is 5.32 Å². The van der Waals surface area contributed by atoms with Crippen molar-refractivity contribution < 1.29 is 9.18 Å². The van der Waals surface area contributed by atoms with Crippen LogP contribution in [0.4, 0.5) is 4.39 Å². The molecule has 0 saturated carbocycles. The second-order valence-corrected chi connectivity index (χ2v) is 8.01. The summed E-state index contributed by atoms with van der Waals surface area (Å²) in [6, 6.07) is 21.9. The lowest BCUT2D eigenvalue weighted by molar-refractivity contribution is 0.0953. The van der Waals surface area contributed by atoms with E-state index in [-0.39, 0.29) is 11.7 Å². The molecule has 4 rings (SSSR count). The molecule has 1 N–H and O–H groups in total. The average Bonchev–Trinajstić information content (AvgIpc) is 3.10. The number of aryl methyl sites for hydroxylation is 1. The van der Waals surface area contributed by atoms with E-state index < -0.39 is 0 Å². The van der Waals surface area contributed by atoms with Crippen molar-refractivity contribution in [3.05, 3.63) is 100 Å². The molecular formula is C24H21BrFN3O. The Morgan fingerprint density at radius 2 is 1.73 bits per heavy atom. The van der Waals surface area contributed by atoms with Crippen LogP contribution in [-0.2, 0) is 13.0 Å². The van der Waals surface area contributed by atoms with Crippen molar-refractivity contribution in [2.45, 2.75) is 19.4 Å². The van der Waals surface area contributed by atoms with E-state index in [0.29, 0.717) is 18.7 Å². The van der Waals surface area contributed by atoms with E-state index in [1.807, 2.05) is 36.4 Å². The number of imidazole rings is 1. The average molecular weight is 466 g/mol. The first kappa shape index (κ1) is 20.3. The molecule has 4 aromatic rings. The number of aromatic nitrogens is 2. The molecule has 152 valence electrons. The van der Waals surface area contributed by atoms with Gasteiger partial charge in [-0.1, -0.05) is 40.2 Å². The summed E-state index contributed by atoms with van der Waals surface area (Å²) in [5.74, 6) is 0.636. The molecule has 30 heavy (non-hydrogen) atoms. The summed E-state index contributed by atoms with van der Waals surface area (Å²) in [4.78, 5) is 17.0. The van der Waals surface area contributed by atoms with E-state index in [9.17, 15) is 9.18 Å². The maximum Gasteiger partial charge on any atom is 0.251 e. The Labute approximate surface area is 182 Å². The third-order valence-corrected chi connectivity index (χ3v) is 5.49. The number of nitrogens with one attached hydrogen (secondary N) is 1. The number of halogens is 2. The first-order valence-electron chi connectivity index (χ1n) is 9.82. The predicted molar refractivity (Wildman–Crippen MR) is 120 cm³/mol. The van der Waals surface area contributed by atoms with Crippen LogP contribution in [0.1, 0.15) is 28.2 Å². The van der Waals surface area contributed by atoms with E-state index >= 15 is 0 Å². The molecule has 0 atom stereocenters. The van der Waals surface area contributed by atoms with Crippen LogP contribution in [0.25, 0.3) is 11.0 Å². The zero-order chi connectivity index (χ0) is 20.9. The Kier molecular flexibility index (Phi) is 6.23. The van der Waals surface area contributed by atoms with Gasteiger partial charge in [-0.15, -0.1) is 0 Å². The van der Waals surface area contributed by atoms with Gasteiger partial charge in [-0.05, 0) is 60.5 Å². The predicted octanol–water partition coefficient (Wildman–Crippen LogP) is 5.35. The van der Waals surface area contributed by atoms with Gasteiger partial charge in [-0.25, -0.2) is 9.37 Å². The summed E-state index contributed by atoms with van der Waals surface area (Å²) in [6.07, 6.45) is 1.51. The van der Waals surface area contributed by atoms with Gasteiger partial charge in [0.2, 0.25) is 0 Å². The number of carbonyl (C=O) groups is 1. The molecule has 0 saturated heterocycles. The Bertz CT molecular complexity index is 1150. The minimum Gasteiger partial charge on any atom is -0.352 e. The Balaban J connectivity index is 1.43. The van der Waals surface area contributed by atoms with Gasteiger partial charge in [-0.3, -0.25) is 4.79 Å². The molecule has 0 unspecified atom stereocenters. The monoisotopic (exact) mass is 465 g/mol. The second kappa shape index (κ2) is 9.22. The SMILES string of the molecule is O=C(NCCCc1nc2ccccc2n1Cc1ccc(F)cc1)c1ccc(Br)cc1. The fourth-order valence-electron chi connectivity index (χ4n) is 3.42. The molecule has 0 radical (unpaired) electrons. The Morgan fingerprint density at radius 1 is 1.00 bits per heavy atom. The summed E-state index contributed by atoms with van der Waals surface area (Å²) < 4.78 is 16.4. The van der Waals surface area contributed by atoms with Crippen molar-refractivity contribution in [1.29, 1.82) is 0 Å². The van der Waals surface area contributed by atoms with Gasteiger partial charge in [0, 0.05) is 29.5 Å². The van der Waals surface area contributed by atoms with Gasteiger partial charge >= 0.3 is 0 Å². The molecule has 1 amide bonds. The standard InChI is InChI=1S/C24H21BrFN3O/c25-19-11-9-18(10-12-19)24(30)27-15-3-6-23-28-21-4-1-2-5-22(21)29(23)16-17-7-13-20(26)14-8-17/h1-2,4-5,7-14H,3,6,15-16H2,(H,27,30). The fraction of sp³-hybridized carbons (Fsp3) is 0.167. The third kappa shape index (κ3) is 4.76. The van der Waals surface area contributed by atoms with Crippen molar-refractivity contribution in [2.24, 2.45) is 0 Å². The van der Waals surface area contributed by atoms with Crippen LogP contribution in [0.3, 0.4) is 0 Å². The number of rotatable bonds is 7. The van der Waals surface area contributed by atoms with Gasteiger partial charge in [-0.2, -0.15) is 0 Å². The highest BCUT2D eigenvalue weighted by Gasteiger charge is 2.11. The highest BCUT2D eigenvalue weighted by Crippen LogP contribution is 2.19. The molecule has 0 spiro atoms. The number of para-hydroxylation sites is 2. The molecule has 0 aliphatic carbocycles. The van der Waals surface area contributed by atoms with Gasteiger partial charge in [0.1, 0.15) is 11.6 Å². The summed E-state index contributed by atoms with van der Waals surface area (Å²) in [5.41, 5.74) is 3.65.